The number of nitrogens with zero attached hydrogens (tertiary/aromatic N) is 1. The summed E-state index contributed by atoms with van der Waals surface area (Å²) in [6, 6.07) is 0. The summed E-state index contributed by atoms with van der Waals surface area (Å²) in [5, 5.41) is 2.95. The minimum Gasteiger partial charge on any atom is -0.342 e. The van der Waals surface area contributed by atoms with Gasteiger partial charge in [0.25, 0.3) is 0 Å². The van der Waals surface area contributed by atoms with E-state index in [-0.39, 0.29) is 11.8 Å². The molecule has 1 aliphatic heterocycles. The third-order valence-electron chi connectivity index (χ3n) is 4.62. The molecule has 4 nitrogen and oxygen atoms in total. The Bertz CT molecular complexity index is 350. The Kier molecular flexibility index (Phi) is 3.64. The molecule has 0 spiro atoms. The van der Waals surface area contributed by atoms with Crippen LogP contribution in [-0.4, -0.2) is 35.3 Å². The summed E-state index contributed by atoms with van der Waals surface area (Å²) in [6.07, 6.45) is 3.00. The van der Waals surface area contributed by atoms with Gasteiger partial charge < -0.3 is 10.2 Å². The second-order valence-corrected chi connectivity index (χ2v) is 5.81. The second-order valence-electron chi connectivity index (χ2n) is 5.81. The van der Waals surface area contributed by atoms with Gasteiger partial charge in [0.05, 0.1) is 0 Å². The van der Waals surface area contributed by atoms with Crippen molar-refractivity contribution >= 4 is 11.8 Å². The van der Waals surface area contributed by atoms with E-state index in [1.165, 1.54) is 6.42 Å². The van der Waals surface area contributed by atoms with Gasteiger partial charge in [-0.2, -0.15) is 0 Å². The summed E-state index contributed by atoms with van der Waals surface area (Å²) in [5.41, 5.74) is -0.661. The molecular weight excluding hydrogens is 228 g/mol. The Morgan fingerprint density at radius 2 is 1.94 bits per heavy atom. The number of hydrogen-bond donors (Lipinski definition) is 1. The zero-order valence-corrected chi connectivity index (χ0v) is 11.7. The van der Waals surface area contributed by atoms with Crippen molar-refractivity contribution in [2.75, 3.05) is 13.1 Å². The molecule has 1 aliphatic carbocycles. The molecule has 2 amide bonds. The first-order valence-electron chi connectivity index (χ1n) is 7.12. The van der Waals surface area contributed by atoms with E-state index in [0.29, 0.717) is 31.7 Å². The molecule has 1 saturated carbocycles. The van der Waals surface area contributed by atoms with E-state index in [4.69, 9.17) is 0 Å². The number of nitrogens with one attached hydrogen (secondary N) is 1. The Morgan fingerprint density at radius 1 is 1.33 bits per heavy atom. The Balaban J connectivity index is 2.14. The van der Waals surface area contributed by atoms with Gasteiger partial charge in [0.15, 0.2) is 0 Å². The van der Waals surface area contributed by atoms with E-state index >= 15 is 0 Å². The van der Waals surface area contributed by atoms with Crippen LogP contribution in [0, 0.1) is 11.8 Å². The lowest BCUT2D eigenvalue weighted by Gasteiger charge is -2.33. The normalized spacial score (nSPS) is 30.9. The molecule has 102 valence electrons. The Labute approximate surface area is 109 Å². The summed E-state index contributed by atoms with van der Waals surface area (Å²) < 4.78 is 0. The molecule has 2 rings (SSSR count). The predicted molar refractivity (Wildman–Crippen MR) is 69.9 cm³/mol. The highest BCUT2D eigenvalue weighted by Gasteiger charge is 2.44. The molecule has 18 heavy (non-hydrogen) atoms. The van der Waals surface area contributed by atoms with Crippen molar-refractivity contribution in [1.82, 2.24) is 10.2 Å². The first-order valence-corrected chi connectivity index (χ1v) is 7.12. The molecule has 2 aliphatic rings. The predicted octanol–water partition coefficient (Wildman–Crippen LogP) is 1.55. The lowest BCUT2D eigenvalue weighted by atomic mass is 9.91. The molecule has 1 saturated heterocycles. The largest absolute Gasteiger partial charge is 0.342 e. The number of rotatable bonds is 4. The fourth-order valence-electron chi connectivity index (χ4n) is 2.86. The van der Waals surface area contributed by atoms with Gasteiger partial charge >= 0.3 is 0 Å². The molecule has 0 aromatic rings. The van der Waals surface area contributed by atoms with Crippen molar-refractivity contribution in [3.05, 3.63) is 0 Å². The minimum absolute atomic E-state index is 0.0124. The van der Waals surface area contributed by atoms with Crippen molar-refractivity contribution in [1.29, 1.82) is 0 Å². The topological polar surface area (TPSA) is 49.4 Å². The van der Waals surface area contributed by atoms with Crippen LogP contribution >= 0.6 is 0 Å². The van der Waals surface area contributed by atoms with E-state index in [1.54, 1.807) is 0 Å². The number of carbonyl (C=O) groups is 2. The quantitative estimate of drug-likeness (QED) is 0.825. The highest BCUT2D eigenvalue weighted by Crippen LogP contribution is 2.39. The SMILES string of the molecule is CCC1(CC)NC(=O)CCN(CC2CC2C)C1=O. The summed E-state index contributed by atoms with van der Waals surface area (Å²) in [5.74, 6) is 1.52. The van der Waals surface area contributed by atoms with E-state index in [2.05, 4.69) is 12.2 Å². The van der Waals surface area contributed by atoms with E-state index < -0.39 is 5.54 Å². The first-order chi connectivity index (χ1) is 8.52. The molecule has 0 radical (unpaired) electrons. The lowest BCUT2D eigenvalue weighted by Crippen LogP contribution is -2.56. The van der Waals surface area contributed by atoms with Gasteiger partial charge in [0.1, 0.15) is 5.54 Å². The van der Waals surface area contributed by atoms with Gasteiger partial charge in [0, 0.05) is 19.5 Å². The molecule has 4 heteroatoms. The molecule has 2 fully saturated rings. The zero-order chi connectivity index (χ0) is 13.3. The van der Waals surface area contributed by atoms with Crippen molar-refractivity contribution in [3.63, 3.8) is 0 Å². The maximum absolute atomic E-state index is 12.7. The van der Waals surface area contributed by atoms with Crippen LogP contribution in [0.2, 0.25) is 0 Å². The summed E-state index contributed by atoms with van der Waals surface area (Å²) >= 11 is 0. The van der Waals surface area contributed by atoms with Gasteiger partial charge in [-0.15, -0.1) is 0 Å². The Morgan fingerprint density at radius 3 is 2.44 bits per heavy atom. The fourth-order valence-corrected chi connectivity index (χ4v) is 2.86. The second kappa shape index (κ2) is 4.90. The van der Waals surface area contributed by atoms with Crippen LogP contribution in [0.3, 0.4) is 0 Å². The highest BCUT2D eigenvalue weighted by atomic mass is 16.2. The summed E-state index contributed by atoms with van der Waals surface area (Å²) in [7, 11) is 0. The van der Waals surface area contributed by atoms with Crippen molar-refractivity contribution in [3.8, 4) is 0 Å². The smallest absolute Gasteiger partial charge is 0.248 e. The standard InChI is InChI=1S/C14H24N2O2/c1-4-14(5-2)13(18)16(7-6-12(17)15-14)9-11-8-10(11)3/h10-11H,4-9H2,1-3H3,(H,15,17). The van der Waals surface area contributed by atoms with Crippen molar-refractivity contribution < 1.29 is 9.59 Å². The maximum atomic E-state index is 12.7. The molecule has 0 aromatic carbocycles. The third-order valence-corrected chi connectivity index (χ3v) is 4.62. The fraction of sp³-hybridized carbons (Fsp3) is 0.857. The highest BCUT2D eigenvalue weighted by molar-refractivity contribution is 5.93. The van der Waals surface area contributed by atoms with Crippen molar-refractivity contribution in [2.24, 2.45) is 11.8 Å². The number of hydrogen-bond acceptors (Lipinski definition) is 2. The van der Waals surface area contributed by atoms with E-state index in [0.717, 1.165) is 12.5 Å². The minimum atomic E-state index is -0.661. The summed E-state index contributed by atoms with van der Waals surface area (Å²) in [4.78, 5) is 26.4. The van der Waals surface area contributed by atoms with Crippen LogP contribution in [0.15, 0.2) is 0 Å². The van der Waals surface area contributed by atoms with Gasteiger partial charge in [0.2, 0.25) is 11.8 Å². The van der Waals surface area contributed by atoms with Crippen LogP contribution in [0.4, 0.5) is 0 Å². The molecular formula is C14H24N2O2. The van der Waals surface area contributed by atoms with Gasteiger partial charge in [-0.3, -0.25) is 9.59 Å². The average molecular weight is 252 g/mol. The van der Waals surface area contributed by atoms with Crippen LogP contribution < -0.4 is 5.32 Å². The van der Waals surface area contributed by atoms with Crippen LogP contribution in [0.25, 0.3) is 0 Å². The molecule has 0 aromatic heterocycles. The number of amides is 2. The van der Waals surface area contributed by atoms with E-state index in [9.17, 15) is 9.59 Å². The van der Waals surface area contributed by atoms with Crippen LogP contribution in [0.5, 0.6) is 0 Å². The van der Waals surface area contributed by atoms with E-state index in [1.807, 2.05) is 18.7 Å². The number of carbonyl (C=O) groups excluding carboxylic acids is 2. The van der Waals surface area contributed by atoms with Gasteiger partial charge in [-0.25, -0.2) is 0 Å². The zero-order valence-electron chi connectivity index (χ0n) is 11.7. The van der Waals surface area contributed by atoms with Crippen LogP contribution in [-0.2, 0) is 9.59 Å². The van der Waals surface area contributed by atoms with Crippen molar-refractivity contribution in [2.45, 2.75) is 52.0 Å². The first kappa shape index (κ1) is 13.4. The lowest BCUT2D eigenvalue weighted by molar-refractivity contribution is -0.139. The van der Waals surface area contributed by atoms with Crippen LogP contribution in [0.1, 0.15) is 46.5 Å². The average Bonchev–Trinajstić information content (AvgIpc) is 3.07. The maximum Gasteiger partial charge on any atom is 0.248 e. The summed E-state index contributed by atoms with van der Waals surface area (Å²) in [6.45, 7) is 7.59. The molecule has 2 unspecified atom stereocenters. The Hall–Kier alpha value is -1.06. The molecule has 2 atom stereocenters. The monoisotopic (exact) mass is 252 g/mol. The molecule has 0 bridgehead atoms. The molecule has 1 N–H and O–H groups in total. The molecule has 1 heterocycles. The van der Waals surface area contributed by atoms with Gasteiger partial charge in [-0.1, -0.05) is 20.8 Å². The third kappa shape index (κ3) is 2.38. The van der Waals surface area contributed by atoms with Gasteiger partial charge in [-0.05, 0) is 31.1 Å².